The number of fused-ring (bicyclic) bond motifs is 1. The van der Waals surface area contributed by atoms with E-state index in [0.717, 1.165) is 4.57 Å². The zero-order valence-electron chi connectivity index (χ0n) is 10.5. The van der Waals surface area contributed by atoms with E-state index in [1.807, 2.05) is 0 Å². The molecule has 1 aromatic carbocycles. The number of allylic oxidation sites excluding steroid dienone is 1. The topological polar surface area (TPSA) is 81.2 Å². The van der Waals surface area contributed by atoms with E-state index in [1.165, 1.54) is 19.9 Å². The van der Waals surface area contributed by atoms with Crippen molar-refractivity contribution in [3.8, 4) is 5.75 Å². The molecule has 0 amide bonds. The molecule has 0 aliphatic carbocycles. The van der Waals surface area contributed by atoms with Gasteiger partial charge in [-0.15, -0.1) is 0 Å². The van der Waals surface area contributed by atoms with Crippen LogP contribution in [0.15, 0.2) is 35.1 Å². The highest BCUT2D eigenvalue weighted by Gasteiger charge is 2.17. The molecule has 0 aliphatic heterocycles. The second kappa shape index (κ2) is 4.56. The summed E-state index contributed by atoms with van der Waals surface area (Å²) in [6, 6.07) is 4.71. The summed E-state index contributed by atoms with van der Waals surface area (Å²) >= 11 is 0. The maximum absolute atomic E-state index is 11.9. The van der Waals surface area contributed by atoms with Gasteiger partial charge >= 0.3 is 11.7 Å². The van der Waals surface area contributed by atoms with Crippen LogP contribution in [0.1, 0.15) is 18.6 Å². The molecule has 6 nitrogen and oxygen atoms in total. The molecule has 0 unspecified atom stereocenters. The summed E-state index contributed by atoms with van der Waals surface area (Å²) in [6.45, 7) is 6.30. The average molecular weight is 260 g/mol. The number of aromatic nitrogens is 2. The quantitative estimate of drug-likeness (QED) is 0.503. The van der Waals surface area contributed by atoms with Gasteiger partial charge in [-0.1, -0.05) is 12.6 Å². The van der Waals surface area contributed by atoms with Gasteiger partial charge in [0.2, 0.25) is 0 Å². The highest BCUT2D eigenvalue weighted by molar-refractivity contribution is 6.01. The van der Waals surface area contributed by atoms with Gasteiger partial charge in [0, 0.05) is 12.5 Å². The summed E-state index contributed by atoms with van der Waals surface area (Å²) in [5.41, 5.74) is 0.289. The number of para-hydroxylation sites is 1. The van der Waals surface area contributed by atoms with Crippen LogP contribution >= 0.6 is 0 Å². The monoisotopic (exact) mass is 260 g/mol. The molecular formula is C13H12N2O4. The molecule has 0 aliphatic rings. The Morgan fingerprint density at radius 1 is 1.32 bits per heavy atom. The van der Waals surface area contributed by atoms with Gasteiger partial charge in [-0.25, -0.2) is 9.36 Å². The third kappa shape index (κ3) is 2.20. The predicted molar refractivity (Wildman–Crippen MR) is 69.3 cm³/mol. The van der Waals surface area contributed by atoms with E-state index in [4.69, 9.17) is 4.74 Å². The van der Waals surface area contributed by atoms with Crippen molar-refractivity contribution in [2.75, 3.05) is 0 Å². The van der Waals surface area contributed by atoms with E-state index in [9.17, 15) is 14.4 Å². The van der Waals surface area contributed by atoms with E-state index < -0.39 is 17.6 Å². The molecule has 1 N–H and O–H groups in total. The van der Waals surface area contributed by atoms with Gasteiger partial charge in [-0.3, -0.25) is 9.59 Å². The minimum atomic E-state index is -0.595. The fourth-order valence-electron chi connectivity index (χ4n) is 1.74. The molecule has 2 aromatic rings. The summed E-state index contributed by atoms with van der Waals surface area (Å²) in [5.74, 6) is -0.807. The lowest BCUT2D eigenvalue weighted by molar-refractivity contribution is -0.131. The second-order valence-electron chi connectivity index (χ2n) is 4.09. The molecule has 6 heteroatoms. The number of nitrogens with zero attached hydrogens (tertiary/aromatic N) is 1. The first-order chi connectivity index (χ1) is 8.91. The first-order valence-electron chi connectivity index (χ1n) is 5.54. The Morgan fingerprint density at radius 2 is 2.00 bits per heavy atom. The molecule has 2 rings (SSSR count). The Labute approximate surface area is 108 Å². The molecule has 0 bridgehead atoms. The lowest BCUT2D eigenvalue weighted by atomic mass is 10.2. The SMILES string of the molecule is C=C(C)C(=O)n1c(=O)[nH]c2c(OC(C)=O)cccc21. The van der Waals surface area contributed by atoms with Crippen LogP contribution in [-0.4, -0.2) is 21.4 Å². The number of imidazole rings is 1. The fourth-order valence-corrected chi connectivity index (χ4v) is 1.74. The van der Waals surface area contributed by atoms with Crippen molar-refractivity contribution in [1.29, 1.82) is 0 Å². The summed E-state index contributed by atoms with van der Waals surface area (Å²) in [6.07, 6.45) is 0. The number of rotatable bonds is 2. The Morgan fingerprint density at radius 3 is 2.58 bits per heavy atom. The maximum atomic E-state index is 11.9. The summed E-state index contributed by atoms with van der Waals surface area (Å²) in [5, 5.41) is 0. The molecule has 0 radical (unpaired) electrons. The van der Waals surface area contributed by atoms with E-state index in [-0.39, 0.29) is 11.3 Å². The van der Waals surface area contributed by atoms with Crippen molar-refractivity contribution in [2.24, 2.45) is 0 Å². The number of esters is 1. The number of hydrogen-bond donors (Lipinski definition) is 1. The average Bonchev–Trinajstić information content (AvgIpc) is 2.65. The summed E-state index contributed by atoms with van der Waals surface area (Å²) in [7, 11) is 0. The molecule has 0 fully saturated rings. The number of H-pyrrole nitrogens is 1. The largest absolute Gasteiger partial charge is 0.424 e. The first-order valence-corrected chi connectivity index (χ1v) is 5.54. The predicted octanol–water partition coefficient (Wildman–Crippen LogP) is 1.47. The molecule has 0 saturated heterocycles. The van der Waals surface area contributed by atoms with Gasteiger partial charge in [0.25, 0.3) is 5.91 Å². The van der Waals surface area contributed by atoms with Crippen LogP contribution in [0.5, 0.6) is 5.75 Å². The van der Waals surface area contributed by atoms with Crippen LogP contribution in [0, 0.1) is 0 Å². The lowest BCUT2D eigenvalue weighted by Gasteiger charge is -2.03. The number of aromatic amines is 1. The Bertz CT molecular complexity index is 752. The van der Waals surface area contributed by atoms with Gasteiger partial charge in [-0.2, -0.15) is 0 Å². The summed E-state index contributed by atoms with van der Waals surface area (Å²) < 4.78 is 5.94. The normalized spacial score (nSPS) is 10.4. The summed E-state index contributed by atoms with van der Waals surface area (Å²) in [4.78, 5) is 37.2. The van der Waals surface area contributed by atoms with E-state index in [2.05, 4.69) is 11.6 Å². The third-order valence-electron chi connectivity index (χ3n) is 2.50. The highest BCUT2D eigenvalue weighted by atomic mass is 16.5. The molecule has 1 heterocycles. The van der Waals surface area contributed by atoms with Crippen LogP contribution in [0.4, 0.5) is 0 Å². The van der Waals surface area contributed by atoms with Crippen LogP contribution in [0.25, 0.3) is 11.0 Å². The van der Waals surface area contributed by atoms with Crippen LogP contribution in [0.2, 0.25) is 0 Å². The zero-order chi connectivity index (χ0) is 14.2. The molecule has 0 saturated carbocycles. The van der Waals surface area contributed by atoms with E-state index in [1.54, 1.807) is 12.1 Å². The molecule has 98 valence electrons. The molecule has 1 aromatic heterocycles. The zero-order valence-corrected chi connectivity index (χ0v) is 10.5. The van der Waals surface area contributed by atoms with Crippen molar-refractivity contribution in [1.82, 2.24) is 9.55 Å². The maximum Gasteiger partial charge on any atom is 0.333 e. The molecule has 19 heavy (non-hydrogen) atoms. The smallest absolute Gasteiger partial charge is 0.333 e. The number of carbonyl (C=O) groups excluding carboxylic acids is 2. The lowest BCUT2D eigenvalue weighted by Crippen LogP contribution is -2.24. The van der Waals surface area contributed by atoms with Gasteiger partial charge in [0.15, 0.2) is 5.75 Å². The number of benzene rings is 1. The van der Waals surface area contributed by atoms with E-state index in [0.29, 0.717) is 11.0 Å². The Hall–Kier alpha value is -2.63. The standard InChI is InChI=1S/C13H12N2O4/c1-7(2)12(17)15-9-5-4-6-10(19-8(3)16)11(9)14-13(15)18/h4-6H,1H2,2-3H3,(H,14,18). The third-order valence-corrected chi connectivity index (χ3v) is 2.50. The second-order valence-corrected chi connectivity index (χ2v) is 4.09. The Balaban J connectivity index is 2.72. The first kappa shape index (κ1) is 12.8. The highest BCUT2D eigenvalue weighted by Crippen LogP contribution is 2.23. The molecular weight excluding hydrogens is 248 g/mol. The van der Waals surface area contributed by atoms with Crippen molar-refractivity contribution in [3.63, 3.8) is 0 Å². The van der Waals surface area contributed by atoms with Gasteiger partial charge in [0.05, 0.1) is 5.52 Å². The Kier molecular flexibility index (Phi) is 3.08. The van der Waals surface area contributed by atoms with Gasteiger partial charge < -0.3 is 9.72 Å². The van der Waals surface area contributed by atoms with Crippen molar-refractivity contribution in [2.45, 2.75) is 13.8 Å². The van der Waals surface area contributed by atoms with Gasteiger partial charge in [-0.05, 0) is 19.1 Å². The van der Waals surface area contributed by atoms with Crippen LogP contribution in [-0.2, 0) is 4.79 Å². The van der Waals surface area contributed by atoms with Crippen LogP contribution < -0.4 is 10.4 Å². The van der Waals surface area contributed by atoms with Gasteiger partial charge in [0.1, 0.15) is 5.52 Å². The van der Waals surface area contributed by atoms with Crippen LogP contribution in [0.3, 0.4) is 0 Å². The minimum Gasteiger partial charge on any atom is -0.424 e. The molecule has 0 atom stereocenters. The molecule has 0 spiro atoms. The fraction of sp³-hybridized carbons (Fsp3) is 0.154. The van der Waals surface area contributed by atoms with Crippen molar-refractivity contribution >= 4 is 22.9 Å². The minimum absolute atomic E-state index is 0.204. The number of carbonyl (C=O) groups is 2. The number of hydrogen-bond acceptors (Lipinski definition) is 4. The number of ether oxygens (including phenoxy) is 1. The van der Waals surface area contributed by atoms with Crippen molar-refractivity contribution < 1.29 is 14.3 Å². The van der Waals surface area contributed by atoms with E-state index >= 15 is 0 Å². The van der Waals surface area contributed by atoms with Crippen molar-refractivity contribution in [3.05, 3.63) is 40.8 Å². The number of nitrogens with one attached hydrogen (secondary N) is 1.